The van der Waals surface area contributed by atoms with Crippen molar-refractivity contribution in [3.05, 3.63) is 53.6 Å². The number of hydrogen-bond acceptors (Lipinski definition) is 7. The molecule has 0 N–H and O–H groups in total. The van der Waals surface area contributed by atoms with Crippen LogP contribution >= 0.6 is 0 Å². The molecule has 0 atom stereocenters. The highest BCUT2D eigenvalue weighted by Crippen LogP contribution is 2.26. The molecule has 0 radical (unpaired) electrons. The van der Waals surface area contributed by atoms with E-state index in [0.29, 0.717) is 24.0 Å². The van der Waals surface area contributed by atoms with E-state index < -0.39 is 0 Å². The summed E-state index contributed by atoms with van der Waals surface area (Å²) in [4.78, 5) is 9.28. The molecule has 0 aliphatic carbocycles. The van der Waals surface area contributed by atoms with E-state index in [1.54, 1.807) is 6.26 Å². The number of hydrogen-bond donors (Lipinski definition) is 0. The van der Waals surface area contributed by atoms with Crippen LogP contribution in [-0.4, -0.2) is 52.7 Å². The van der Waals surface area contributed by atoms with Gasteiger partial charge in [-0.05, 0) is 29.3 Å². The molecule has 2 aliphatic rings. The number of rotatable bonds is 5. The van der Waals surface area contributed by atoms with Gasteiger partial charge in [0.2, 0.25) is 11.7 Å². The molecule has 2 aromatic heterocycles. The van der Waals surface area contributed by atoms with Gasteiger partial charge >= 0.3 is 0 Å². The molecular weight excluding hydrogens is 344 g/mol. The van der Waals surface area contributed by atoms with Crippen LogP contribution in [0.4, 0.5) is 0 Å². The summed E-state index contributed by atoms with van der Waals surface area (Å²) in [5.74, 6) is 2.83. The first kappa shape index (κ1) is 16.5. The fourth-order valence-corrected chi connectivity index (χ4v) is 3.72. The third kappa shape index (κ3) is 3.61. The first-order valence-corrected chi connectivity index (χ1v) is 9.39. The molecule has 1 aromatic carbocycles. The van der Waals surface area contributed by atoms with Crippen molar-refractivity contribution in [2.75, 3.05) is 32.8 Å². The highest BCUT2D eigenvalue weighted by molar-refractivity contribution is 5.44. The zero-order chi connectivity index (χ0) is 18.1. The second kappa shape index (κ2) is 7.17. The summed E-state index contributed by atoms with van der Waals surface area (Å²) in [6, 6.07) is 10.2. The molecule has 140 valence electrons. The molecule has 1 fully saturated rings. The molecule has 7 nitrogen and oxygen atoms in total. The second-order valence-electron chi connectivity index (χ2n) is 7.08. The second-order valence-corrected chi connectivity index (χ2v) is 7.08. The van der Waals surface area contributed by atoms with E-state index in [9.17, 15) is 0 Å². The maximum Gasteiger partial charge on any atom is 0.241 e. The van der Waals surface area contributed by atoms with Crippen molar-refractivity contribution in [1.82, 2.24) is 19.9 Å². The number of nitrogens with zero attached hydrogens (tertiary/aromatic N) is 4. The minimum atomic E-state index is 0.509. The number of furan rings is 1. The third-order valence-electron chi connectivity index (χ3n) is 5.19. The smallest absolute Gasteiger partial charge is 0.241 e. The summed E-state index contributed by atoms with van der Waals surface area (Å²) >= 11 is 0. The topological polar surface area (TPSA) is 67.8 Å². The molecule has 3 aromatic rings. The lowest BCUT2D eigenvalue weighted by Crippen LogP contribution is -2.45. The van der Waals surface area contributed by atoms with Gasteiger partial charge in [0, 0.05) is 39.1 Å². The summed E-state index contributed by atoms with van der Waals surface area (Å²) in [6.07, 6.45) is 2.64. The quantitative estimate of drug-likeness (QED) is 0.687. The minimum Gasteiger partial charge on any atom is -0.493 e. The molecule has 0 amide bonds. The monoisotopic (exact) mass is 366 g/mol. The lowest BCUT2D eigenvalue weighted by atomic mass is 10.1. The Bertz CT molecular complexity index is 898. The van der Waals surface area contributed by atoms with E-state index in [4.69, 9.17) is 13.7 Å². The molecule has 5 rings (SSSR count). The maximum absolute atomic E-state index is 5.59. The van der Waals surface area contributed by atoms with E-state index >= 15 is 0 Å². The lowest BCUT2D eigenvalue weighted by Gasteiger charge is -2.33. The van der Waals surface area contributed by atoms with Crippen molar-refractivity contribution in [1.29, 1.82) is 0 Å². The average molecular weight is 366 g/mol. The van der Waals surface area contributed by atoms with E-state index in [1.165, 1.54) is 11.1 Å². The van der Waals surface area contributed by atoms with Gasteiger partial charge in [0.15, 0.2) is 5.76 Å². The van der Waals surface area contributed by atoms with Gasteiger partial charge in [-0.3, -0.25) is 9.80 Å². The van der Waals surface area contributed by atoms with Gasteiger partial charge in [0.1, 0.15) is 5.75 Å². The van der Waals surface area contributed by atoms with Crippen LogP contribution in [0, 0.1) is 0 Å². The van der Waals surface area contributed by atoms with Crippen LogP contribution in [0.3, 0.4) is 0 Å². The van der Waals surface area contributed by atoms with Crippen LogP contribution in [0.5, 0.6) is 5.75 Å². The Balaban J connectivity index is 1.14. The van der Waals surface area contributed by atoms with Crippen molar-refractivity contribution in [3.8, 4) is 17.3 Å². The molecule has 7 heteroatoms. The van der Waals surface area contributed by atoms with Gasteiger partial charge in [0.25, 0.3) is 0 Å². The fourth-order valence-electron chi connectivity index (χ4n) is 3.72. The van der Waals surface area contributed by atoms with Gasteiger partial charge in [-0.2, -0.15) is 4.98 Å². The number of aromatic nitrogens is 2. The van der Waals surface area contributed by atoms with E-state index in [1.807, 2.05) is 12.1 Å². The molecule has 27 heavy (non-hydrogen) atoms. The third-order valence-corrected chi connectivity index (χ3v) is 5.19. The van der Waals surface area contributed by atoms with Crippen molar-refractivity contribution >= 4 is 0 Å². The van der Waals surface area contributed by atoms with E-state index in [2.05, 4.69) is 38.1 Å². The summed E-state index contributed by atoms with van der Waals surface area (Å²) in [5.41, 5.74) is 2.71. The summed E-state index contributed by atoms with van der Waals surface area (Å²) in [6.45, 7) is 6.54. The Kier molecular flexibility index (Phi) is 4.39. The largest absolute Gasteiger partial charge is 0.493 e. The van der Waals surface area contributed by atoms with Crippen LogP contribution in [0.2, 0.25) is 0 Å². The first-order chi connectivity index (χ1) is 13.3. The van der Waals surface area contributed by atoms with Crippen LogP contribution in [-0.2, 0) is 19.5 Å². The standard InChI is InChI=1S/C20H22N4O3/c1-2-18(25-10-1)20-21-19(27-22-20)14-24-8-6-23(7-9-24)13-15-3-4-17-16(12-15)5-11-26-17/h1-4,10,12H,5-9,11,13-14H2. The first-order valence-electron chi connectivity index (χ1n) is 9.39. The Morgan fingerprint density at radius 2 is 1.85 bits per heavy atom. The highest BCUT2D eigenvalue weighted by atomic mass is 16.5. The molecular formula is C20H22N4O3. The SMILES string of the molecule is c1coc(-c2noc(CN3CCN(Cc4ccc5c(c4)CCO5)CC3)n2)c1. The molecule has 0 saturated carbocycles. The van der Waals surface area contributed by atoms with Crippen LogP contribution in [0.25, 0.3) is 11.6 Å². The van der Waals surface area contributed by atoms with Gasteiger partial charge < -0.3 is 13.7 Å². The highest BCUT2D eigenvalue weighted by Gasteiger charge is 2.21. The fraction of sp³-hybridized carbons (Fsp3) is 0.400. The van der Waals surface area contributed by atoms with E-state index in [-0.39, 0.29) is 0 Å². The predicted molar refractivity (Wildman–Crippen MR) is 98.2 cm³/mol. The van der Waals surface area contributed by atoms with Gasteiger partial charge in [-0.25, -0.2) is 0 Å². The molecule has 2 aliphatic heterocycles. The molecule has 0 bridgehead atoms. The molecule has 0 spiro atoms. The number of piperazine rings is 1. The van der Waals surface area contributed by atoms with Crippen molar-refractivity contribution in [2.45, 2.75) is 19.5 Å². The van der Waals surface area contributed by atoms with E-state index in [0.717, 1.165) is 51.5 Å². The number of benzene rings is 1. The average Bonchev–Trinajstić information content (AvgIpc) is 3.44. The van der Waals surface area contributed by atoms with Crippen molar-refractivity contribution in [2.24, 2.45) is 0 Å². The zero-order valence-corrected chi connectivity index (χ0v) is 15.1. The van der Waals surface area contributed by atoms with Gasteiger partial charge in [0.05, 0.1) is 19.4 Å². The van der Waals surface area contributed by atoms with Gasteiger partial charge in [-0.15, -0.1) is 0 Å². The number of fused-ring (bicyclic) bond motifs is 1. The summed E-state index contributed by atoms with van der Waals surface area (Å²) < 4.78 is 16.3. The van der Waals surface area contributed by atoms with Gasteiger partial charge in [-0.1, -0.05) is 17.3 Å². The van der Waals surface area contributed by atoms with Crippen LogP contribution in [0.1, 0.15) is 17.0 Å². The summed E-state index contributed by atoms with van der Waals surface area (Å²) in [7, 11) is 0. The lowest BCUT2D eigenvalue weighted by molar-refractivity contribution is 0.112. The molecule has 1 saturated heterocycles. The zero-order valence-electron chi connectivity index (χ0n) is 15.1. The van der Waals surface area contributed by atoms with Crippen LogP contribution in [0.15, 0.2) is 45.5 Å². The Morgan fingerprint density at radius 1 is 1.00 bits per heavy atom. The number of ether oxygens (including phenoxy) is 1. The summed E-state index contributed by atoms with van der Waals surface area (Å²) in [5, 5.41) is 4.00. The maximum atomic E-state index is 5.59. The van der Waals surface area contributed by atoms with Crippen molar-refractivity contribution in [3.63, 3.8) is 0 Å². The Hall–Kier alpha value is -2.64. The Labute approximate surface area is 157 Å². The Morgan fingerprint density at radius 3 is 2.67 bits per heavy atom. The molecule has 4 heterocycles. The van der Waals surface area contributed by atoms with Crippen LogP contribution < -0.4 is 4.74 Å². The predicted octanol–water partition coefficient (Wildman–Crippen LogP) is 2.58. The normalized spacial score (nSPS) is 17.8. The molecule has 0 unspecified atom stereocenters. The van der Waals surface area contributed by atoms with Crippen molar-refractivity contribution < 1.29 is 13.7 Å². The minimum absolute atomic E-state index is 0.509.